The Morgan fingerprint density at radius 2 is 1.76 bits per heavy atom. The minimum absolute atomic E-state index is 0.250. The highest BCUT2D eigenvalue weighted by Gasteiger charge is 2.22. The molecule has 0 saturated heterocycles. The molecule has 2 heterocycles. The van der Waals surface area contributed by atoms with Gasteiger partial charge in [0.25, 0.3) is 0 Å². The summed E-state index contributed by atoms with van der Waals surface area (Å²) in [6.45, 7) is 3.75. The molecule has 124 valence electrons. The molecule has 0 bridgehead atoms. The first-order chi connectivity index (χ1) is 12.0. The average Bonchev–Trinajstić information content (AvgIpc) is 3.18. The van der Waals surface area contributed by atoms with E-state index in [4.69, 9.17) is 8.83 Å². The van der Waals surface area contributed by atoms with E-state index in [0.717, 1.165) is 21.0 Å². The molecule has 4 aromatic rings. The third kappa shape index (κ3) is 2.91. The third-order valence-corrected chi connectivity index (χ3v) is 4.51. The largest absolute Gasteiger partial charge is 0.453 e. The normalized spacial score (nSPS) is 11.2. The Hall–Kier alpha value is -2.66. The Morgan fingerprint density at radius 3 is 2.52 bits per heavy atom. The predicted molar refractivity (Wildman–Crippen MR) is 98.8 cm³/mol. The fourth-order valence-corrected chi connectivity index (χ4v) is 3.05. The van der Waals surface area contributed by atoms with Gasteiger partial charge >= 0.3 is 0 Å². The second kappa shape index (κ2) is 6.01. The summed E-state index contributed by atoms with van der Waals surface area (Å²) in [4.78, 5) is 17.2. The standard InChI is InChI=1S/C20H14BrNO3/c1-11-3-5-13(6-4-11)20-22-18(12(2)24-20)19(23)17-10-14-9-15(21)7-8-16(14)25-17/h3-10H,1-2H3. The monoisotopic (exact) mass is 395 g/mol. The van der Waals surface area contributed by atoms with Crippen LogP contribution in [0.25, 0.3) is 22.4 Å². The van der Waals surface area contributed by atoms with E-state index >= 15 is 0 Å². The molecule has 0 fully saturated rings. The summed E-state index contributed by atoms with van der Waals surface area (Å²) >= 11 is 3.42. The zero-order chi connectivity index (χ0) is 17.6. The summed E-state index contributed by atoms with van der Waals surface area (Å²) in [5.74, 6) is 0.869. The maximum atomic E-state index is 12.8. The number of carbonyl (C=O) groups excluding carboxylic acids is 1. The molecule has 0 radical (unpaired) electrons. The van der Waals surface area contributed by atoms with Gasteiger partial charge in [0, 0.05) is 15.4 Å². The van der Waals surface area contributed by atoms with Crippen molar-refractivity contribution in [3.8, 4) is 11.5 Å². The maximum absolute atomic E-state index is 12.8. The molecule has 0 unspecified atom stereocenters. The van der Waals surface area contributed by atoms with Crippen molar-refractivity contribution in [2.75, 3.05) is 0 Å². The number of fused-ring (bicyclic) bond motifs is 1. The number of furan rings is 1. The van der Waals surface area contributed by atoms with Crippen LogP contribution in [0.2, 0.25) is 0 Å². The quantitative estimate of drug-likeness (QED) is 0.417. The van der Waals surface area contributed by atoms with Gasteiger partial charge in [0.15, 0.2) is 11.5 Å². The van der Waals surface area contributed by atoms with Crippen molar-refractivity contribution in [2.24, 2.45) is 0 Å². The lowest BCUT2D eigenvalue weighted by atomic mass is 10.1. The number of ketones is 1. The molecule has 2 aromatic heterocycles. The van der Waals surface area contributed by atoms with Crippen LogP contribution in [-0.2, 0) is 0 Å². The molecule has 0 aliphatic rings. The van der Waals surface area contributed by atoms with E-state index in [1.807, 2.05) is 49.4 Å². The number of hydrogen-bond donors (Lipinski definition) is 0. The van der Waals surface area contributed by atoms with Gasteiger partial charge < -0.3 is 8.83 Å². The van der Waals surface area contributed by atoms with Crippen molar-refractivity contribution in [1.29, 1.82) is 0 Å². The number of benzene rings is 2. The Labute approximate surface area is 152 Å². The highest BCUT2D eigenvalue weighted by molar-refractivity contribution is 9.10. The lowest BCUT2D eigenvalue weighted by Crippen LogP contribution is -2.02. The van der Waals surface area contributed by atoms with Crippen LogP contribution in [0, 0.1) is 13.8 Å². The highest BCUT2D eigenvalue weighted by Crippen LogP contribution is 2.27. The first-order valence-electron chi connectivity index (χ1n) is 7.79. The van der Waals surface area contributed by atoms with Gasteiger partial charge in [-0.2, -0.15) is 0 Å². The average molecular weight is 396 g/mol. The molecule has 5 heteroatoms. The van der Waals surface area contributed by atoms with E-state index < -0.39 is 0 Å². The minimum Gasteiger partial charge on any atom is -0.453 e. The lowest BCUT2D eigenvalue weighted by molar-refractivity contribution is 0.101. The summed E-state index contributed by atoms with van der Waals surface area (Å²) in [6, 6.07) is 15.1. The van der Waals surface area contributed by atoms with Crippen LogP contribution in [0.15, 0.2) is 61.8 Å². The van der Waals surface area contributed by atoms with Crippen LogP contribution >= 0.6 is 15.9 Å². The van der Waals surface area contributed by atoms with E-state index in [1.54, 1.807) is 13.0 Å². The topological polar surface area (TPSA) is 56.2 Å². The first-order valence-corrected chi connectivity index (χ1v) is 8.59. The number of aryl methyl sites for hydroxylation is 2. The molecule has 0 aliphatic carbocycles. The molecule has 0 amide bonds. The van der Waals surface area contributed by atoms with Gasteiger partial charge in [0.1, 0.15) is 11.3 Å². The molecular formula is C20H14BrNO3. The van der Waals surface area contributed by atoms with Crippen LogP contribution in [0.4, 0.5) is 0 Å². The number of aromatic nitrogens is 1. The zero-order valence-corrected chi connectivity index (χ0v) is 15.3. The molecule has 0 N–H and O–H groups in total. The van der Waals surface area contributed by atoms with E-state index in [9.17, 15) is 4.79 Å². The van der Waals surface area contributed by atoms with Gasteiger partial charge in [0.05, 0.1) is 0 Å². The molecule has 4 nitrogen and oxygen atoms in total. The van der Waals surface area contributed by atoms with Crippen molar-refractivity contribution < 1.29 is 13.6 Å². The van der Waals surface area contributed by atoms with Gasteiger partial charge in [-0.15, -0.1) is 0 Å². The molecule has 25 heavy (non-hydrogen) atoms. The van der Waals surface area contributed by atoms with Crippen LogP contribution in [0.5, 0.6) is 0 Å². The molecule has 0 spiro atoms. The van der Waals surface area contributed by atoms with E-state index in [-0.39, 0.29) is 17.2 Å². The number of nitrogens with zero attached hydrogens (tertiary/aromatic N) is 1. The Bertz CT molecular complexity index is 1090. The second-order valence-corrected chi connectivity index (χ2v) is 6.83. The Balaban J connectivity index is 1.73. The van der Waals surface area contributed by atoms with Gasteiger partial charge in [-0.3, -0.25) is 4.79 Å². The number of rotatable bonds is 3. The predicted octanol–water partition coefficient (Wildman–Crippen LogP) is 5.70. The van der Waals surface area contributed by atoms with E-state index in [2.05, 4.69) is 20.9 Å². The summed E-state index contributed by atoms with van der Waals surface area (Å²) in [5.41, 5.74) is 2.92. The van der Waals surface area contributed by atoms with Gasteiger partial charge in [-0.1, -0.05) is 33.6 Å². The molecular weight excluding hydrogens is 382 g/mol. The summed E-state index contributed by atoms with van der Waals surface area (Å²) in [7, 11) is 0. The second-order valence-electron chi connectivity index (χ2n) is 5.91. The number of hydrogen-bond acceptors (Lipinski definition) is 4. The van der Waals surface area contributed by atoms with Gasteiger partial charge in [0.2, 0.25) is 11.7 Å². The molecule has 2 aromatic carbocycles. The third-order valence-electron chi connectivity index (χ3n) is 4.01. The molecule has 0 saturated carbocycles. The number of halogens is 1. The number of carbonyl (C=O) groups is 1. The van der Waals surface area contributed by atoms with Crippen LogP contribution in [0.3, 0.4) is 0 Å². The van der Waals surface area contributed by atoms with E-state index in [1.165, 1.54) is 0 Å². The van der Waals surface area contributed by atoms with E-state index in [0.29, 0.717) is 17.2 Å². The SMILES string of the molecule is Cc1ccc(-c2nc(C(=O)c3cc4cc(Br)ccc4o3)c(C)o2)cc1. The van der Waals surface area contributed by atoms with Crippen molar-refractivity contribution in [3.63, 3.8) is 0 Å². The Kier molecular flexibility index (Phi) is 3.81. The van der Waals surface area contributed by atoms with Crippen molar-refractivity contribution in [1.82, 2.24) is 4.98 Å². The Morgan fingerprint density at radius 1 is 1.00 bits per heavy atom. The zero-order valence-electron chi connectivity index (χ0n) is 13.7. The molecule has 0 aliphatic heterocycles. The summed E-state index contributed by atoms with van der Waals surface area (Å²) in [5, 5.41) is 0.859. The molecule has 4 rings (SSSR count). The molecule has 0 atom stereocenters. The minimum atomic E-state index is -0.285. The van der Waals surface area contributed by atoms with Crippen molar-refractivity contribution in [2.45, 2.75) is 13.8 Å². The first kappa shape index (κ1) is 15.8. The van der Waals surface area contributed by atoms with Crippen LogP contribution in [-0.4, -0.2) is 10.8 Å². The fraction of sp³-hybridized carbons (Fsp3) is 0.100. The van der Waals surface area contributed by atoms with Crippen molar-refractivity contribution in [3.05, 3.63) is 75.8 Å². The van der Waals surface area contributed by atoms with Gasteiger partial charge in [-0.05, 0) is 50.2 Å². The number of oxazole rings is 1. The fourth-order valence-electron chi connectivity index (χ4n) is 2.67. The highest BCUT2D eigenvalue weighted by atomic mass is 79.9. The van der Waals surface area contributed by atoms with Gasteiger partial charge in [-0.25, -0.2) is 4.98 Å². The van der Waals surface area contributed by atoms with Crippen molar-refractivity contribution >= 4 is 32.7 Å². The smallest absolute Gasteiger partial charge is 0.250 e. The lowest BCUT2D eigenvalue weighted by Gasteiger charge is -1.95. The van der Waals surface area contributed by atoms with Crippen LogP contribution in [0.1, 0.15) is 27.6 Å². The maximum Gasteiger partial charge on any atom is 0.250 e. The summed E-state index contributed by atoms with van der Waals surface area (Å²) < 4.78 is 12.3. The summed E-state index contributed by atoms with van der Waals surface area (Å²) in [6.07, 6.45) is 0. The van der Waals surface area contributed by atoms with Crippen LogP contribution < -0.4 is 0 Å².